The van der Waals surface area contributed by atoms with E-state index in [2.05, 4.69) is 5.32 Å². The first-order valence-corrected chi connectivity index (χ1v) is 10.1. The Bertz CT molecular complexity index is 722. The smallest absolute Gasteiger partial charge is 0.326 e. The van der Waals surface area contributed by atoms with Crippen molar-refractivity contribution in [3.63, 3.8) is 0 Å². The Balaban J connectivity index is 3.10. The van der Waals surface area contributed by atoms with E-state index in [0.29, 0.717) is 5.75 Å². The van der Waals surface area contributed by atoms with Crippen LogP contribution in [0, 0.1) is 0 Å². The summed E-state index contributed by atoms with van der Waals surface area (Å²) in [6.45, 7) is 0. The number of sulfonamides is 1. The highest BCUT2D eigenvalue weighted by Crippen LogP contribution is 2.24. The summed E-state index contributed by atoms with van der Waals surface area (Å²) in [5.41, 5.74) is 0.0234. The Kier molecular flexibility index (Phi) is 7.53. The Labute approximate surface area is 150 Å². The number of halogens is 1. The van der Waals surface area contributed by atoms with Crippen LogP contribution in [0.1, 0.15) is 16.8 Å². The highest BCUT2D eigenvalue weighted by Gasteiger charge is 2.24. The summed E-state index contributed by atoms with van der Waals surface area (Å²) in [5.74, 6) is -1.25. The fourth-order valence-corrected chi connectivity index (χ4v) is 3.64. The van der Waals surface area contributed by atoms with Gasteiger partial charge < -0.3 is 10.4 Å². The molecule has 0 heterocycles. The lowest BCUT2D eigenvalue weighted by Gasteiger charge is -2.16. The third-order valence-corrected chi connectivity index (χ3v) is 6.11. The molecule has 1 rings (SSSR count). The highest BCUT2D eigenvalue weighted by molar-refractivity contribution is 7.98. The first-order chi connectivity index (χ1) is 11.1. The van der Waals surface area contributed by atoms with Crippen LogP contribution < -0.4 is 5.32 Å². The lowest BCUT2D eigenvalue weighted by Crippen LogP contribution is -2.41. The minimum absolute atomic E-state index is 0.0163. The van der Waals surface area contributed by atoms with Crippen molar-refractivity contribution < 1.29 is 23.1 Å². The number of aliphatic carboxylic acids is 1. The van der Waals surface area contributed by atoms with Crippen LogP contribution in [0.3, 0.4) is 0 Å². The summed E-state index contributed by atoms with van der Waals surface area (Å²) >= 11 is 7.38. The molecule has 0 saturated carbocycles. The number of carbonyl (C=O) groups is 2. The van der Waals surface area contributed by atoms with E-state index in [9.17, 15) is 18.0 Å². The van der Waals surface area contributed by atoms with E-state index in [1.54, 1.807) is 0 Å². The quantitative estimate of drug-likeness (QED) is 0.692. The second-order valence-electron chi connectivity index (χ2n) is 5.08. The van der Waals surface area contributed by atoms with Crippen molar-refractivity contribution in [2.75, 3.05) is 26.1 Å². The van der Waals surface area contributed by atoms with Gasteiger partial charge in [-0.25, -0.2) is 17.5 Å². The number of hydrogen-bond acceptors (Lipinski definition) is 5. The maximum Gasteiger partial charge on any atom is 0.326 e. The van der Waals surface area contributed by atoms with Crippen molar-refractivity contribution >= 4 is 45.3 Å². The van der Waals surface area contributed by atoms with Crippen LogP contribution in [0.2, 0.25) is 5.02 Å². The average molecular weight is 395 g/mol. The molecule has 0 bridgehead atoms. The molecule has 1 aromatic carbocycles. The van der Waals surface area contributed by atoms with Crippen LogP contribution in [0.15, 0.2) is 23.1 Å². The summed E-state index contributed by atoms with van der Waals surface area (Å²) in [5, 5.41) is 11.5. The van der Waals surface area contributed by atoms with Gasteiger partial charge in [-0.1, -0.05) is 11.6 Å². The van der Waals surface area contributed by atoms with Gasteiger partial charge in [0, 0.05) is 19.7 Å². The zero-order chi connectivity index (χ0) is 18.5. The second kappa shape index (κ2) is 8.70. The minimum Gasteiger partial charge on any atom is -0.480 e. The molecule has 7 nitrogen and oxygen atoms in total. The third-order valence-electron chi connectivity index (χ3n) is 3.17. The molecule has 0 aliphatic heterocycles. The van der Waals surface area contributed by atoms with Gasteiger partial charge >= 0.3 is 5.97 Å². The molecular formula is C14H19ClN2O5S2. The fourth-order valence-electron chi connectivity index (χ4n) is 1.77. The molecule has 0 aliphatic rings. The van der Waals surface area contributed by atoms with Crippen LogP contribution in [0.25, 0.3) is 0 Å². The molecule has 1 aromatic rings. The third kappa shape index (κ3) is 5.10. The number of carboxylic acids is 1. The van der Waals surface area contributed by atoms with E-state index in [1.165, 1.54) is 38.0 Å². The number of carbonyl (C=O) groups excluding carboxylic acids is 1. The summed E-state index contributed by atoms with van der Waals surface area (Å²) in [6.07, 6.45) is 2.09. The van der Waals surface area contributed by atoms with Crippen LogP contribution in [0.4, 0.5) is 0 Å². The van der Waals surface area contributed by atoms with Gasteiger partial charge in [0.05, 0.1) is 5.02 Å². The van der Waals surface area contributed by atoms with Gasteiger partial charge in [-0.05, 0) is 36.6 Å². The molecule has 0 radical (unpaired) electrons. The fraction of sp³-hybridized carbons (Fsp3) is 0.429. The van der Waals surface area contributed by atoms with E-state index in [-0.39, 0.29) is 21.9 Å². The summed E-state index contributed by atoms with van der Waals surface area (Å²) in [6, 6.07) is 2.74. The maximum atomic E-state index is 12.3. The van der Waals surface area contributed by atoms with Crippen molar-refractivity contribution in [3.05, 3.63) is 28.8 Å². The molecule has 10 heteroatoms. The number of nitrogens with one attached hydrogen (secondary N) is 1. The first kappa shape index (κ1) is 20.8. The Hall–Kier alpha value is -1.29. The van der Waals surface area contributed by atoms with Crippen molar-refractivity contribution in [2.45, 2.75) is 17.4 Å². The van der Waals surface area contributed by atoms with Gasteiger partial charge in [0.15, 0.2) is 0 Å². The van der Waals surface area contributed by atoms with Gasteiger partial charge in [-0.2, -0.15) is 11.8 Å². The van der Waals surface area contributed by atoms with Gasteiger partial charge in [-0.15, -0.1) is 0 Å². The number of amides is 1. The van der Waals surface area contributed by atoms with Crippen molar-refractivity contribution in [2.24, 2.45) is 0 Å². The zero-order valence-corrected chi connectivity index (χ0v) is 15.8. The van der Waals surface area contributed by atoms with Crippen LogP contribution in [-0.4, -0.2) is 61.9 Å². The van der Waals surface area contributed by atoms with Crippen LogP contribution in [-0.2, 0) is 14.8 Å². The minimum atomic E-state index is -3.82. The maximum absolute atomic E-state index is 12.3. The van der Waals surface area contributed by atoms with Gasteiger partial charge in [-0.3, -0.25) is 4.79 Å². The summed E-state index contributed by atoms with van der Waals surface area (Å²) in [4.78, 5) is 23.2. The summed E-state index contributed by atoms with van der Waals surface area (Å²) in [7, 11) is -1.12. The van der Waals surface area contributed by atoms with Crippen molar-refractivity contribution in [1.82, 2.24) is 9.62 Å². The topological polar surface area (TPSA) is 104 Å². The van der Waals surface area contributed by atoms with Crippen molar-refractivity contribution in [1.29, 1.82) is 0 Å². The van der Waals surface area contributed by atoms with E-state index < -0.39 is 27.9 Å². The molecule has 1 atom stereocenters. The molecule has 134 valence electrons. The molecule has 24 heavy (non-hydrogen) atoms. The molecule has 0 aromatic heterocycles. The highest BCUT2D eigenvalue weighted by atomic mass is 35.5. The normalized spacial score (nSPS) is 12.9. The van der Waals surface area contributed by atoms with E-state index in [1.807, 2.05) is 6.26 Å². The van der Waals surface area contributed by atoms with Gasteiger partial charge in [0.25, 0.3) is 5.91 Å². The molecule has 0 aliphatic carbocycles. The number of benzene rings is 1. The number of carboxylic acid groups (broad SMARTS) is 1. The number of rotatable bonds is 8. The van der Waals surface area contributed by atoms with E-state index in [0.717, 1.165) is 10.4 Å². The Morgan fingerprint density at radius 1 is 1.38 bits per heavy atom. The molecule has 0 spiro atoms. The van der Waals surface area contributed by atoms with Crippen LogP contribution >= 0.6 is 23.4 Å². The molecule has 2 N–H and O–H groups in total. The molecule has 1 amide bonds. The molecule has 0 unspecified atom stereocenters. The van der Waals surface area contributed by atoms with E-state index >= 15 is 0 Å². The first-order valence-electron chi connectivity index (χ1n) is 6.86. The lowest BCUT2D eigenvalue weighted by molar-refractivity contribution is -0.139. The molecule has 0 fully saturated rings. The zero-order valence-electron chi connectivity index (χ0n) is 13.4. The largest absolute Gasteiger partial charge is 0.480 e. The number of hydrogen-bond donors (Lipinski definition) is 2. The monoisotopic (exact) mass is 394 g/mol. The number of nitrogens with zero attached hydrogens (tertiary/aromatic N) is 1. The van der Waals surface area contributed by atoms with Gasteiger partial charge in [0.2, 0.25) is 10.0 Å². The second-order valence-corrected chi connectivity index (χ2v) is 8.59. The standard InChI is InChI=1S/C14H19ClN2O5S2/c1-17(2)24(21,22)12-8-9(4-5-10(12)15)13(18)16-11(14(19)20)6-7-23-3/h4-5,8,11H,6-7H2,1-3H3,(H,16,18)(H,19,20)/t11-/m0/s1. The Morgan fingerprint density at radius 2 is 2.00 bits per heavy atom. The van der Waals surface area contributed by atoms with Crippen LogP contribution in [0.5, 0.6) is 0 Å². The predicted octanol–water partition coefficient (Wildman–Crippen LogP) is 1.53. The Morgan fingerprint density at radius 3 is 2.50 bits per heavy atom. The summed E-state index contributed by atoms with van der Waals surface area (Å²) < 4.78 is 25.4. The predicted molar refractivity (Wildman–Crippen MR) is 94.2 cm³/mol. The average Bonchev–Trinajstić information content (AvgIpc) is 2.50. The SMILES string of the molecule is CSCC[C@H](NC(=O)c1ccc(Cl)c(S(=O)(=O)N(C)C)c1)C(=O)O. The molecular weight excluding hydrogens is 376 g/mol. The molecule has 0 saturated heterocycles. The van der Waals surface area contributed by atoms with E-state index in [4.69, 9.17) is 16.7 Å². The number of thioether (sulfide) groups is 1. The lowest BCUT2D eigenvalue weighted by atomic mass is 10.1. The van der Waals surface area contributed by atoms with Crippen molar-refractivity contribution in [3.8, 4) is 0 Å². The van der Waals surface area contributed by atoms with Gasteiger partial charge in [0.1, 0.15) is 10.9 Å².